The molecule has 0 aromatic heterocycles. The van der Waals surface area contributed by atoms with Crippen LogP contribution in [-0.2, 0) is 19.2 Å². The lowest BCUT2D eigenvalue weighted by Gasteiger charge is -2.41. The number of benzene rings is 3. The van der Waals surface area contributed by atoms with E-state index >= 15 is 0 Å². The lowest BCUT2D eigenvalue weighted by molar-refractivity contribution is -0.124. The quantitative estimate of drug-likeness (QED) is 0.571. The van der Waals surface area contributed by atoms with E-state index in [0.717, 1.165) is 27.7 Å². The number of hydrogen-bond acceptors (Lipinski definition) is 5. The van der Waals surface area contributed by atoms with Crippen molar-refractivity contribution in [2.24, 2.45) is 0 Å². The van der Waals surface area contributed by atoms with Crippen molar-refractivity contribution in [3.8, 4) is 0 Å². The maximum Gasteiger partial charge on any atom is 0.269 e. The first kappa shape index (κ1) is 21.6. The number of para-hydroxylation sites is 1. The molecule has 3 aromatic rings. The van der Waals surface area contributed by atoms with Crippen LogP contribution in [0.1, 0.15) is 19.4 Å². The van der Waals surface area contributed by atoms with Crippen molar-refractivity contribution in [1.82, 2.24) is 4.90 Å². The first-order chi connectivity index (χ1) is 16.5. The molecule has 174 valence electrons. The molecule has 0 radical (unpaired) electrons. The van der Waals surface area contributed by atoms with E-state index in [9.17, 15) is 9.59 Å². The Balaban J connectivity index is 1.45. The van der Waals surface area contributed by atoms with E-state index in [2.05, 4.69) is 24.8 Å². The van der Waals surface area contributed by atoms with Crippen LogP contribution >= 0.6 is 11.8 Å². The first-order valence-corrected chi connectivity index (χ1v) is 12.7. The second-order valence-corrected chi connectivity index (χ2v) is 10.5. The third kappa shape index (κ3) is 3.11. The minimum absolute atomic E-state index is 0.0432. The van der Waals surface area contributed by atoms with Crippen molar-refractivity contribution in [3.05, 3.63) is 72.3 Å². The van der Waals surface area contributed by atoms with Crippen molar-refractivity contribution in [3.63, 3.8) is 0 Å². The number of morpholine rings is 1. The number of carbonyl (C=O) groups excluding carboxylic acids is 2. The average Bonchev–Trinajstić information content (AvgIpc) is 3.31. The Hall–Kier alpha value is -2.87. The van der Waals surface area contributed by atoms with Crippen LogP contribution in [-0.4, -0.2) is 54.4 Å². The van der Waals surface area contributed by atoms with Gasteiger partial charge < -0.3 is 4.74 Å². The topological polar surface area (TPSA) is 53.1 Å². The fourth-order valence-corrected chi connectivity index (χ4v) is 6.85. The van der Waals surface area contributed by atoms with E-state index in [-0.39, 0.29) is 29.7 Å². The summed E-state index contributed by atoms with van der Waals surface area (Å²) in [6, 6.07) is 22.4. The van der Waals surface area contributed by atoms with Crippen LogP contribution in [0.4, 0.5) is 11.4 Å². The number of thioether (sulfide) groups is 1. The summed E-state index contributed by atoms with van der Waals surface area (Å²) in [5, 5.41) is 2.15. The largest absolute Gasteiger partial charge is 0.378 e. The van der Waals surface area contributed by atoms with Gasteiger partial charge in [0.25, 0.3) is 5.91 Å². The van der Waals surface area contributed by atoms with Gasteiger partial charge in [0.05, 0.1) is 31.3 Å². The fourth-order valence-electron chi connectivity index (χ4n) is 5.49. The third-order valence-corrected chi connectivity index (χ3v) is 8.60. The van der Waals surface area contributed by atoms with Gasteiger partial charge in [-0.2, -0.15) is 0 Å². The van der Waals surface area contributed by atoms with Gasteiger partial charge in [-0.15, -0.1) is 11.8 Å². The summed E-state index contributed by atoms with van der Waals surface area (Å²) in [5.41, 5.74) is 2.52. The number of rotatable bonds is 3. The molecule has 34 heavy (non-hydrogen) atoms. The smallest absolute Gasteiger partial charge is 0.269 e. The molecule has 3 atom stereocenters. The minimum atomic E-state index is -1.09. The summed E-state index contributed by atoms with van der Waals surface area (Å²) in [6.45, 7) is 6.04. The van der Waals surface area contributed by atoms with Gasteiger partial charge in [-0.3, -0.25) is 24.3 Å². The zero-order chi connectivity index (χ0) is 23.4. The van der Waals surface area contributed by atoms with Crippen molar-refractivity contribution in [1.29, 1.82) is 0 Å². The Morgan fingerprint density at radius 1 is 0.941 bits per heavy atom. The van der Waals surface area contributed by atoms with Gasteiger partial charge in [0, 0.05) is 23.3 Å². The van der Waals surface area contributed by atoms with Crippen LogP contribution in [0.25, 0.3) is 10.8 Å². The van der Waals surface area contributed by atoms with E-state index in [1.165, 1.54) is 11.8 Å². The predicted octanol–water partition coefficient (Wildman–Crippen LogP) is 4.19. The lowest BCUT2D eigenvalue weighted by Crippen LogP contribution is -2.56. The maximum atomic E-state index is 14.3. The molecule has 0 saturated carbocycles. The number of anilines is 2. The Labute approximate surface area is 203 Å². The van der Waals surface area contributed by atoms with Crippen LogP contribution in [0.15, 0.2) is 66.7 Å². The van der Waals surface area contributed by atoms with E-state index in [1.54, 1.807) is 4.90 Å². The standard InChI is InChI=1S/C27H27N3O3S/c1-18-14-33-15-19(2)28(18)17-29-24-10-6-5-9-23(24)27(26(29)32)30(25(31)16-34-27)22-12-11-20-7-3-4-8-21(20)13-22/h3-13,18-19H,14-17H2,1-2H3/t18-,19-,27+/m1/s1. The molecule has 7 heteroatoms. The van der Waals surface area contributed by atoms with Gasteiger partial charge in [0.2, 0.25) is 10.8 Å². The van der Waals surface area contributed by atoms with E-state index < -0.39 is 4.87 Å². The zero-order valence-corrected chi connectivity index (χ0v) is 20.1. The Morgan fingerprint density at radius 2 is 1.65 bits per heavy atom. The molecule has 0 aliphatic carbocycles. The number of ether oxygens (including phenoxy) is 1. The van der Waals surface area contributed by atoms with Crippen LogP contribution in [0, 0.1) is 0 Å². The van der Waals surface area contributed by atoms with Gasteiger partial charge in [0.15, 0.2) is 0 Å². The normalized spacial score (nSPS) is 27.2. The molecule has 2 fully saturated rings. The van der Waals surface area contributed by atoms with Gasteiger partial charge >= 0.3 is 0 Å². The van der Waals surface area contributed by atoms with Crippen LogP contribution in [0.5, 0.6) is 0 Å². The molecule has 0 N–H and O–H groups in total. The van der Waals surface area contributed by atoms with Crippen molar-refractivity contribution < 1.29 is 14.3 Å². The second kappa shape index (κ2) is 8.12. The molecule has 1 spiro atoms. The van der Waals surface area contributed by atoms with Crippen LogP contribution in [0.2, 0.25) is 0 Å². The fraction of sp³-hybridized carbons (Fsp3) is 0.333. The highest BCUT2D eigenvalue weighted by Crippen LogP contribution is 2.55. The summed E-state index contributed by atoms with van der Waals surface area (Å²) in [7, 11) is 0. The van der Waals surface area contributed by atoms with Gasteiger partial charge in [-0.05, 0) is 42.8 Å². The highest BCUT2D eigenvalue weighted by Gasteiger charge is 2.61. The second-order valence-electron chi connectivity index (χ2n) is 9.33. The monoisotopic (exact) mass is 473 g/mol. The molecule has 6 rings (SSSR count). The van der Waals surface area contributed by atoms with Crippen molar-refractivity contribution in [2.75, 3.05) is 35.4 Å². The SMILES string of the molecule is C[C@@H]1COC[C@@H](C)N1CN1C(=O)[C@@]2(SCC(=O)N2c2ccc3ccccc3c2)c2ccccc21. The molecule has 0 bridgehead atoms. The summed E-state index contributed by atoms with van der Waals surface area (Å²) in [4.78, 5) is 32.5. The number of hydrogen-bond donors (Lipinski definition) is 0. The summed E-state index contributed by atoms with van der Waals surface area (Å²) >= 11 is 1.43. The van der Waals surface area contributed by atoms with Crippen LogP contribution < -0.4 is 9.80 Å². The van der Waals surface area contributed by atoms with Gasteiger partial charge in [-0.25, -0.2) is 0 Å². The number of nitrogens with zero attached hydrogens (tertiary/aromatic N) is 3. The van der Waals surface area contributed by atoms with E-state index in [4.69, 9.17) is 4.74 Å². The number of amides is 2. The minimum Gasteiger partial charge on any atom is -0.378 e. The molecule has 3 aliphatic heterocycles. The maximum absolute atomic E-state index is 14.3. The van der Waals surface area contributed by atoms with Crippen molar-refractivity contribution >= 4 is 45.7 Å². The average molecular weight is 474 g/mol. The Morgan fingerprint density at radius 3 is 2.44 bits per heavy atom. The zero-order valence-electron chi connectivity index (χ0n) is 19.3. The highest BCUT2D eigenvalue weighted by molar-refractivity contribution is 8.02. The van der Waals surface area contributed by atoms with Crippen molar-refractivity contribution in [2.45, 2.75) is 30.8 Å². The molecule has 3 aromatic carbocycles. The molecule has 3 heterocycles. The first-order valence-electron chi connectivity index (χ1n) is 11.7. The summed E-state index contributed by atoms with van der Waals surface area (Å²) < 4.78 is 5.70. The number of fused-ring (bicyclic) bond motifs is 3. The number of carbonyl (C=O) groups is 2. The Bertz CT molecular complexity index is 1290. The molecule has 0 unspecified atom stereocenters. The Kier molecular flexibility index (Phi) is 5.17. The molecule has 2 amide bonds. The van der Waals surface area contributed by atoms with Crippen LogP contribution in [0.3, 0.4) is 0 Å². The molecular weight excluding hydrogens is 446 g/mol. The summed E-state index contributed by atoms with van der Waals surface area (Å²) in [6.07, 6.45) is 0. The van der Waals surface area contributed by atoms with Gasteiger partial charge in [0.1, 0.15) is 0 Å². The predicted molar refractivity (Wildman–Crippen MR) is 136 cm³/mol. The molecule has 2 saturated heterocycles. The molecular formula is C27H27N3O3S. The highest BCUT2D eigenvalue weighted by atomic mass is 32.2. The third-order valence-electron chi connectivity index (χ3n) is 7.21. The molecule has 3 aliphatic rings. The summed E-state index contributed by atoms with van der Waals surface area (Å²) in [5.74, 6) is 0.174. The van der Waals surface area contributed by atoms with E-state index in [0.29, 0.717) is 19.9 Å². The van der Waals surface area contributed by atoms with Gasteiger partial charge in [-0.1, -0.05) is 48.5 Å². The lowest BCUT2D eigenvalue weighted by atomic mass is 10.0. The van der Waals surface area contributed by atoms with E-state index in [1.807, 2.05) is 65.6 Å². The molecule has 6 nitrogen and oxygen atoms in total.